The van der Waals surface area contributed by atoms with Crippen molar-refractivity contribution in [3.63, 3.8) is 0 Å². The number of aryl methyl sites for hydroxylation is 2. The number of halogens is 1. The third kappa shape index (κ3) is 3.10. The van der Waals surface area contributed by atoms with E-state index in [0.717, 1.165) is 10.6 Å². The zero-order chi connectivity index (χ0) is 14.9. The van der Waals surface area contributed by atoms with Crippen molar-refractivity contribution in [2.24, 2.45) is 0 Å². The lowest BCUT2D eigenvalue weighted by Crippen LogP contribution is -2.15. The van der Waals surface area contributed by atoms with Gasteiger partial charge in [-0.25, -0.2) is 18.4 Å². The smallest absolute Gasteiger partial charge is 0.267 e. The summed E-state index contributed by atoms with van der Waals surface area (Å²) in [5.41, 5.74) is 0.814. The van der Waals surface area contributed by atoms with Crippen molar-refractivity contribution < 1.29 is 8.42 Å². The third-order valence-electron chi connectivity index (χ3n) is 2.60. The molecule has 20 heavy (non-hydrogen) atoms. The zero-order valence-electron chi connectivity index (χ0n) is 11.1. The second-order valence-electron chi connectivity index (χ2n) is 4.02. The van der Waals surface area contributed by atoms with Crippen LogP contribution >= 0.6 is 27.3 Å². The molecule has 0 atom stereocenters. The Morgan fingerprint density at radius 2 is 2.05 bits per heavy atom. The molecule has 0 saturated heterocycles. The lowest BCUT2D eigenvalue weighted by atomic mass is 10.4. The first-order valence-corrected chi connectivity index (χ1v) is 8.73. The lowest BCUT2D eigenvalue weighted by Gasteiger charge is -2.09. The number of hydrogen-bond donors (Lipinski definition) is 2. The summed E-state index contributed by atoms with van der Waals surface area (Å²) in [6.45, 7) is 3.73. The van der Waals surface area contributed by atoms with Crippen molar-refractivity contribution in [1.82, 2.24) is 9.97 Å². The number of pyridine rings is 1. The Morgan fingerprint density at radius 1 is 1.35 bits per heavy atom. The van der Waals surface area contributed by atoms with Crippen LogP contribution in [0.25, 0.3) is 0 Å². The fourth-order valence-corrected chi connectivity index (χ4v) is 4.22. The van der Waals surface area contributed by atoms with Gasteiger partial charge in [-0.2, -0.15) is 0 Å². The highest BCUT2D eigenvalue weighted by atomic mass is 79.9. The van der Waals surface area contributed by atoms with Crippen LogP contribution in [0.4, 0.5) is 10.9 Å². The van der Waals surface area contributed by atoms with Gasteiger partial charge in [-0.3, -0.25) is 4.72 Å². The van der Waals surface area contributed by atoms with E-state index in [2.05, 4.69) is 35.9 Å². The van der Waals surface area contributed by atoms with Crippen molar-refractivity contribution in [1.29, 1.82) is 0 Å². The molecule has 2 rings (SSSR count). The highest BCUT2D eigenvalue weighted by Gasteiger charge is 2.21. The van der Waals surface area contributed by atoms with E-state index in [1.54, 1.807) is 7.05 Å². The molecule has 0 saturated carbocycles. The second kappa shape index (κ2) is 5.66. The van der Waals surface area contributed by atoms with Crippen molar-refractivity contribution in [2.75, 3.05) is 17.1 Å². The maximum Gasteiger partial charge on any atom is 0.267 e. The van der Waals surface area contributed by atoms with E-state index >= 15 is 0 Å². The minimum atomic E-state index is -3.74. The molecule has 6 nitrogen and oxygen atoms in total. The molecule has 0 spiro atoms. The number of nitrogens with zero attached hydrogens (tertiary/aromatic N) is 2. The average Bonchev–Trinajstić information content (AvgIpc) is 2.67. The number of rotatable bonds is 4. The number of aromatic nitrogens is 2. The molecule has 108 valence electrons. The van der Waals surface area contributed by atoms with E-state index in [4.69, 9.17) is 0 Å². The molecule has 0 fully saturated rings. The predicted molar refractivity (Wildman–Crippen MR) is 83.9 cm³/mol. The van der Waals surface area contributed by atoms with E-state index in [0.29, 0.717) is 9.60 Å². The Bertz CT molecular complexity index is 723. The molecule has 2 N–H and O–H groups in total. The largest absolute Gasteiger partial charge is 0.372 e. The summed E-state index contributed by atoms with van der Waals surface area (Å²) < 4.78 is 27.9. The van der Waals surface area contributed by atoms with Crippen LogP contribution in [0, 0.1) is 13.8 Å². The van der Waals surface area contributed by atoms with Crippen molar-refractivity contribution in [3.8, 4) is 0 Å². The summed E-state index contributed by atoms with van der Waals surface area (Å²) in [5, 5.41) is 3.11. The summed E-state index contributed by atoms with van der Waals surface area (Å²) in [7, 11) is -2.12. The van der Waals surface area contributed by atoms with Crippen LogP contribution in [-0.4, -0.2) is 25.4 Å². The molecule has 0 aliphatic heterocycles. The van der Waals surface area contributed by atoms with E-state index < -0.39 is 10.0 Å². The minimum absolute atomic E-state index is 0.0693. The van der Waals surface area contributed by atoms with Crippen LogP contribution in [0.1, 0.15) is 10.6 Å². The Morgan fingerprint density at radius 3 is 2.60 bits per heavy atom. The average molecular weight is 377 g/mol. The monoisotopic (exact) mass is 376 g/mol. The maximum absolute atomic E-state index is 12.4. The molecule has 0 aliphatic carbocycles. The van der Waals surface area contributed by atoms with E-state index in [-0.39, 0.29) is 10.7 Å². The molecule has 0 unspecified atom stereocenters. The molecule has 0 bridgehead atoms. The Labute approximate surface area is 129 Å². The summed E-state index contributed by atoms with van der Waals surface area (Å²) in [5.74, 6) is 0.283. The predicted octanol–water partition coefficient (Wildman–Crippen LogP) is 2.76. The van der Waals surface area contributed by atoms with Crippen LogP contribution in [0.3, 0.4) is 0 Å². The van der Waals surface area contributed by atoms with Gasteiger partial charge in [0.15, 0.2) is 5.13 Å². The Hall–Kier alpha value is -1.19. The van der Waals surface area contributed by atoms with E-state index in [9.17, 15) is 8.42 Å². The summed E-state index contributed by atoms with van der Waals surface area (Å²) in [4.78, 5) is 9.25. The molecular formula is C11H13BrN4O2S2. The van der Waals surface area contributed by atoms with Gasteiger partial charge in [-0.1, -0.05) is 0 Å². The van der Waals surface area contributed by atoms with Crippen LogP contribution in [0.2, 0.25) is 0 Å². The lowest BCUT2D eigenvalue weighted by molar-refractivity contribution is 0.601. The van der Waals surface area contributed by atoms with Gasteiger partial charge < -0.3 is 5.32 Å². The fraction of sp³-hybridized carbons (Fsp3) is 0.273. The highest BCUT2D eigenvalue weighted by Crippen LogP contribution is 2.27. The van der Waals surface area contributed by atoms with Gasteiger partial charge in [0, 0.05) is 22.6 Å². The minimum Gasteiger partial charge on any atom is -0.372 e. The quantitative estimate of drug-likeness (QED) is 0.856. The number of anilines is 2. The molecule has 2 aromatic rings. The van der Waals surface area contributed by atoms with Gasteiger partial charge in [0.25, 0.3) is 10.0 Å². The van der Waals surface area contributed by atoms with Crippen LogP contribution in [0.5, 0.6) is 0 Å². The van der Waals surface area contributed by atoms with Crippen molar-refractivity contribution >= 4 is 48.2 Å². The molecule has 0 radical (unpaired) electrons. The molecule has 9 heteroatoms. The van der Waals surface area contributed by atoms with E-state index in [1.807, 2.05) is 13.8 Å². The molecule has 2 aromatic heterocycles. The van der Waals surface area contributed by atoms with Crippen molar-refractivity contribution in [3.05, 3.63) is 27.3 Å². The fourth-order valence-electron chi connectivity index (χ4n) is 1.50. The van der Waals surface area contributed by atoms with Gasteiger partial charge in [0.1, 0.15) is 10.7 Å². The molecule has 0 aromatic carbocycles. The number of hydrogen-bond acceptors (Lipinski definition) is 6. The Kier molecular flexibility index (Phi) is 4.31. The third-order valence-corrected chi connectivity index (χ3v) is 5.50. The first-order chi connectivity index (χ1) is 9.33. The molecule has 0 aliphatic rings. The molecular weight excluding hydrogens is 364 g/mol. The number of sulfonamides is 1. The number of thiazole rings is 1. The normalized spacial score (nSPS) is 11.4. The van der Waals surface area contributed by atoms with Gasteiger partial charge in [-0.05, 0) is 35.8 Å². The van der Waals surface area contributed by atoms with Gasteiger partial charge >= 0.3 is 0 Å². The van der Waals surface area contributed by atoms with Gasteiger partial charge in [-0.15, -0.1) is 11.3 Å². The summed E-state index contributed by atoms with van der Waals surface area (Å²) in [6.07, 6.45) is 1.53. The molecule has 0 amide bonds. The van der Waals surface area contributed by atoms with Crippen LogP contribution < -0.4 is 10.0 Å². The first-order valence-electron chi connectivity index (χ1n) is 5.63. The zero-order valence-corrected chi connectivity index (χ0v) is 14.3. The maximum atomic E-state index is 12.4. The van der Waals surface area contributed by atoms with Crippen molar-refractivity contribution in [2.45, 2.75) is 18.7 Å². The van der Waals surface area contributed by atoms with Gasteiger partial charge in [0.2, 0.25) is 0 Å². The Balaban J connectivity index is 2.42. The first kappa shape index (κ1) is 15.2. The number of nitrogens with one attached hydrogen (secondary N) is 2. The topological polar surface area (TPSA) is 84.0 Å². The van der Waals surface area contributed by atoms with Gasteiger partial charge in [0.05, 0.1) is 5.69 Å². The summed E-state index contributed by atoms with van der Waals surface area (Å²) >= 11 is 4.52. The summed E-state index contributed by atoms with van der Waals surface area (Å²) in [6, 6.07) is 1.49. The van der Waals surface area contributed by atoms with Crippen LogP contribution in [0.15, 0.2) is 21.6 Å². The SMILES string of the molecule is CNc1ncc(Br)cc1S(=O)(=O)Nc1nc(C)c(C)s1. The van der Waals surface area contributed by atoms with Crippen LogP contribution in [-0.2, 0) is 10.0 Å². The van der Waals surface area contributed by atoms with E-state index in [1.165, 1.54) is 23.6 Å². The second-order valence-corrected chi connectivity index (χ2v) is 7.79. The standard InChI is InChI=1S/C11H13BrN4O2S2/c1-6-7(2)19-11(15-6)16-20(17,18)9-4-8(12)5-14-10(9)13-3/h4-5H,1-3H3,(H,13,14)(H,15,16). The molecule has 2 heterocycles. The highest BCUT2D eigenvalue weighted by molar-refractivity contribution is 9.10.